The van der Waals surface area contributed by atoms with Gasteiger partial charge in [0.25, 0.3) is 0 Å². The number of hydrogen-bond donors (Lipinski definition) is 1. The van der Waals surface area contributed by atoms with Gasteiger partial charge >= 0.3 is 0 Å². The van der Waals surface area contributed by atoms with Crippen LogP contribution in [0, 0.1) is 5.82 Å². The monoisotopic (exact) mass is 371 g/mol. The number of nitrogens with zero attached hydrogens (tertiary/aromatic N) is 2. The zero-order chi connectivity index (χ0) is 15.8. The van der Waals surface area contributed by atoms with Crippen LogP contribution in [0.25, 0.3) is 11.4 Å². The van der Waals surface area contributed by atoms with Gasteiger partial charge in [-0.2, -0.15) is 0 Å². The fourth-order valence-corrected chi connectivity index (χ4v) is 3.02. The second kappa shape index (κ2) is 5.89. The molecule has 0 radical (unpaired) electrons. The van der Waals surface area contributed by atoms with Crippen LogP contribution in [0.5, 0.6) is 0 Å². The molecule has 0 bridgehead atoms. The van der Waals surface area contributed by atoms with Crippen LogP contribution in [0.4, 0.5) is 10.2 Å². The molecular formula is C15H16BrClFN3. The first-order valence-electron chi connectivity index (χ1n) is 6.45. The minimum Gasteiger partial charge on any atom is -0.372 e. The first-order chi connectivity index (χ1) is 9.74. The standard InChI is InChI=1S/C15H16BrClFN3/c1-15(2,3)12-11(16)14(19-4)21-13(20-12)8-5-6-10(18)9(17)7-8/h5-7H,1-4H3,(H,19,20,21). The van der Waals surface area contributed by atoms with Crippen molar-refractivity contribution in [2.45, 2.75) is 26.2 Å². The average Bonchev–Trinajstić information content (AvgIpc) is 2.41. The third kappa shape index (κ3) is 3.35. The molecule has 0 unspecified atom stereocenters. The molecule has 21 heavy (non-hydrogen) atoms. The lowest BCUT2D eigenvalue weighted by Gasteiger charge is -2.21. The van der Waals surface area contributed by atoms with Crippen LogP contribution >= 0.6 is 27.5 Å². The van der Waals surface area contributed by atoms with Crippen molar-refractivity contribution in [2.24, 2.45) is 0 Å². The van der Waals surface area contributed by atoms with Gasteiger partial charge in [0, 0.05) is 18.0 Å². The molecule has 3 nitrogen and oxygen atoms in total. The predicted octanol–water partition coefficient (Wildman–Crippen LogP) is 5.04. The molecule has 6 heteroatoms. The molecule has 1 aromatic heterocycles. The summed E-state index contributed by atoms with van der Waals surface area (Å²) < 4.78 is 14.1. The molecule has 0 aliphatic rings. The molecule has 1 aromatic carbocycles. The van der Waals surface area contributed by atoms with Gasteiger partial charge in [-0.25, -0.2) is 14.4 Å². The maximum Gasteiger partial charge on any atom is 0.161 e. The van der Waals surface area contributed by atoms with E-state index in [4.69, 9.17) is 11.6 Å². The van der Waals surface area contributed by atoms with Gasteiger partial charge in [0.2, 0.25) is 0 Å². The Morgan fingerprint density at radius 3 is 2.43 bits per heavy atom. The quantitative estimate of drug-likeness (QED) is 0.802. The van der Waals surface area contributed by atoms with Crippen LogP contribution in [-0.2, 0) is 5.41 Å². The van der Waals surface area contributed by atoms with E-state index in [2.05, 4.69) is 52.0 Å². The first-order valence-corrected chi connectivity index (χ1v) is 7.62. The third-order valence-corrected chi connectivity index (χ3v) is 4.02. The summed E-state index contributed by atoms with van der Waals surface area (Å²) in [5.74, 6) is 0.738. The van der Waals surface area contributed by atoms with E-state index in [0.717, 1.165) is 10.2 Å². The Bertz CT molecular complexity index is 683. The van der Waals surface area contributed by atoms with Crippen molar-refractivity contribution in [3.63, 3.8) is 0 Å². The van der Waals surface area contributed by atoms with Gasteiger partial charge in [0.05, 0.1) is 15.2 Å². The number of aromatic nitrogens is 2. The van der Waals surface area contributed by atoms with Crippen molar-refractivity contribution in [3.05, 3.63) is 39.2 Å². The third-order valence-electron chi connectivity index (χ3n) is 2.98. The van der Waals surface area contributed by atoms with E-state index in [1.807, 2.05) is 0 Å². The number of benzene rings is 1. The number of nitrogens with one attached hydrogen (secondary N) is 1. The lowest BCUT2D eigenvalue weighted by molar-refractivity contribution is 0.564. The second-order valence-electron chi connectivity index (χ2n) is 5.69. The Kier molecular flexibility index (Phi) is 4.54. The average molecular weight is 373 g/mol. The molecule has 0 fully saturated rings. The number of halogens is 3. The van der Waals surface area contributed by atoms with Crippen molar-refractivity contribution in [2.75, 3.05) is 12.4 Å². The summed E-state index contributed by atoms with van der Waals surface area (Å²) >= 11 is 9.38. The largest absolute Gasteiger partial charge is 0.372 e. The number of anilines is 1. The Morgan fingerprint density at radius 1 is 1.24 bits per heavy atom. The normalized spacial score (nSPS) is 11.6. The molecule has 0 saturated heterocycles. The minimum absolute atomic E-state index is 0.0577. The molecule has 1 N–H and O–H groups in total. The molecule has 0 amide bonds. The Labute approximate surface area is 137 Å². The molecule has 0 saturated carbocycles. The topological polar surface area (TPSA) is 37.8 Å². The Balaban J connectivity index is 2.66. The molecule has 112 valence electrons. The van der Waals surface area contributed by atoms with Gasteiger partial charge in [-0.05, 0) is 34.1 Å². The smallest absolute Gasteiger partial charge is 0.161 e. The lowest BCUT2D eigenvalue weighted by atomic mass is 9.91. The molecule has 2 rings (SSSR count). The molecule has 0 atom stereocenters. The van der Waals surface area contributed by atoms with E-state index in [-0.39, 0.29) is 10.4 Å². The summed E-state index contributed by atoms with van der Waals surface area (Å²) in [5.41, 5.74) is 1.39. The van der Waals surface area contributed by atoms with Crippen molar-refractivity contribution in [1.82, 2.24) is 9.97 Å². The predicted molar refractivity (Wildman–Crippen MR) is 88.4 cm³/mol. The first kappa shape index (κ1) is 16.2. The summed E-state index contributed by atoms with van der Waals surface area (Å²) in [5, 5.41) is 3.10. The van der Waals surface area contributed by atoms with Crippen molar-refractivity contribution < 1.29 is 4.39 Å². The molecule has 0 aliphatic carbocycles. The van der Waals surface area contributed by atoms with E-state index in [9.17, 15) is 4.39 Å². The van der Waals surface area contributed by atoms with Gasteiger partial charge in [-0.15, -0.1) is 0 Å². The number of hydrogen-bond acceptors (Lipinski definition) is 3. The Hall–Kier alpha value is -1.20. The maximum atomic E-state index is 13.3. The highest BCUT2D eigenvalue weighted by atomic mass is 79.9. The zero-order valence-corrected chi connectivity index (χ0v) is 14.6. The van der Waals surface area contributed by atoms with Crippen LogP contribution in [0.15, 0.2) is 22.7 Å². The highest BCUT2D eigenvalue weighted by molar-refractivity contribution is 9.10. The van der Waals surface area contributed by atoms with Gasteiger partial charge in [-0.1, -0.05) is 32.4 Å². The molecule has 0 aliphatic heterocycles. The van der Waals surface area contributed by atoms with E-state index < -0.39 is 5.82 Å². The van der Waals surface area contributed by atoms with Crippen molar-refractivity contribution >= 4 is 33.3 Å². The van der Waals surface area contributed by atoms with Crippen molar-refractivity contribution in [3.8, 4) is 11.4 Å². The molecule has 2 aromatic rings. The highest BCUT2D eigenvalue weighted by Crippen LogP contribution is 2.34. The van der Waals surface area contributed by atoms with E-state index in [1.54, 1.807) is 13.1 Å². The maximum absolute atomic E-state index is 13.3. The van der Waals surface area contributed by atoms with Crippen LogP contribution < -0.4 is 5.32 Å². The fraction of sp³-hybridized carbons (Fsp3) is 0.333. The fourth-order valence-electron chi connectivity index (χ4n) is 1.87. The molecule has 1 heterocycles. The minimum atomic E-state index is -0.456. The van der Waals surface area contributed by atoms with Crippen LogP contribution in [0.2, 0.25) is 5.02 Å². The number of rotatable bonds is 2. The Morgan fingerprint density at radius 2 is 1.90 bits per heavy atom. The van der Waals surface area contributed by atoms with Crippen LogP contribution in [0.3, 0.4) is 0 Å². The van der Waals surface area contributed by atoms with Crippen LogP contribution in [-0.4, -0.2) is 17.0 Å². The van der Waals surface area contributed by atoms with Gasteiger partial charge in [-0.3, -0.25) is 0 Å². The van der Waals surface area contributed by atoms with Crippen LogP contribution in [0.1, 0.15) is 26.5 Å². The van der Waals surface area contributed by atoms with Crippen molar-refractivity contribution in [1.29, 1.82) is 0 Å². The summed E-state index contributed by atoms with van der Waals surface area (Å²) in [6, 6.07) is 4.47. The molecule has 0 spiro atoms. The van der Waals surface area contributed by atoms with Gasteiger partial charge in [0.15, 0.2) is 5.82 Å². The lowest BCUT2D eigenvalue weighted by Crippen LogP contribution is -2.17. The summed E-state index contributed by atoms with van der Waals surface area (Å²) in [6.45, 7) is 6.21. The molecular weight excluding hydrogens is 357 g/mol. The summed E-state index contributed by atoms with van der Waals surface area (Å²) in [4.78, 5) is 9.07. The van der Waals surface area contributed by atoms with Gasteiger partial charge < -0.3 is 5.32 Å². The van der Waals surface area contributed by atoms with E-state index in [1.165, 1.54) is 12.1 Å². The van der Waals surface area contributed by atoms with Gasteiger partial charge in [0.1, 0.15) is 11.6 Å². The zero-order valence-electron chi connectivity index (χ0n) is 12.3. The summed E-state index contributed by atoms with van der Waals surface area (Å²) in [7, 11) is 1.79. The summed E-state index contributed by atoms with van der Waals surface area (Å²) in [6.07, 6.45) is 0. The van der Waals surface area contributed by atoms with E-state index >= 15 is 0 Å². The highest BCUT2D eigenvalue weighted by Gasteiger charge is 2.23. The SMILES string of the molecule is CNc1nc(-c2ccc(F)c(Cl)c2)nc(C(C)(C)C)c1Br. The second-order valence-corrected chi connectivity index (χ2v) is 6.89. The van der Waals surface area contributed by atoms with E-state index in [0.29, 0.717) is 17.2 Å².